The third-order valence-electron chi connectivity index (χ3n) is 3.96. The van der Waals surface area contributed by atoms with Crippen LogP contribution in [0.4, 0.5) is 5.69 Å². The molecule has 5 nitrogen and oxygen atoms in total. The molecule has 1 heterocycles. The van der Waals surface area contributed by atoms with E-state index >= 15 is 0 Å². The van der Waals surface area contributed by atoms with Gasteiger partial charge in [-0.15, -0.1) is 0 Å². The van der Waals surface area contributed by atoms with E-state index in [0.717, 1.165) is 19.5 Å². The second-order valence-corrected chi connectivity index (χ2v) is 7.24. The van der Waals surface area contributed by atoms with Crippen LogP contribution in [0, 0.1) is 0 Å². The van der Waals surface area contributed by atoms with Crippen molar-refractivity contribution in [3.05, 3.63) is 24.3 Å². The number of nitrogens with zero attached hydrogens (tertiary/aromatic N) is 1. The Kier molecular flexibility index (Phi) is 5.61. The molecule has 2 N–H and O–H groups in total. The van der Waals surface area contributed by atoms with Crippen molar-refractivity contribution in [3.63, 3.8) is 0 Å². The first-order chi connectivity index (χ1) is 10.0. The second kappa shape index (κ2) is 7.24. The minimum atomic E-state index is -3.43. The lowest BCUT2D eigenvalue weighted by Crippen LogP contribution is -2.41. The molecule has 2 rings (SSSR count). The van der Waals surface area contributed by atoms with Crippen LogP contribution in [0.1, 0.15) is 26.2 Å². The van der Waals surface area contributed by atoms with Gasteiger partial charge in [-0.25, -0.2) is 13.1 Å². The Morgan fingerprint density at radius 1 is 1.29 bits per heavy atom. The summed E-state index contributed by atoms with van der Waals surface area (Å²) in [5.41, 5.74) is 0.678. The molecular weight excluding hydrogens is 286 g/mol. The van der Waals surface area contributed by atoms with E-state index < -0.39 is 10.0 Å². The first kappa shape index (κ1) is 16.3. The van der Waals surface area contributed by atoms with Gasteiger partial charge in [-0.3, -0.25) is 0 Å². The van der Waals surface area contributed by atoms with Gasteiger partial charge in [0.1, 0.15) is 4.90 Å². The molecule has 118 valence electrons. The van der Waals surface area contributed by atoms with E-state index in [2.05, 4.69) is 22.0 Å². The average Bonchev–Trinajstić information content (AvgIpc) is 2.47. The van der Waals surface area contributed by atoms with Crippen LogP contribution in [0.2, 0.25) is 0 Å². The number of likely N-dealkylation sites (N-methyl/N-ethyl adjacent to an activating group) is 1. The van der Waals surface area contributed by atoms with E-state index in [1.807, 2.05) is 12.1 Å². The van der Waals surface area contributed by atoms with Gasteiger partial charge in [0.2, 0.25) is 10.0 Å². The van der Waals surface area contributed by atoms with Gasteiger partial charge in [0.15, 0.2) is 0 Å². The summed E-state index contributed by atoms with van der Waals surface area (Å²) in [6.45, 7) is 4.06. The topological polar surface area (TPSA) is 61.4 Å². The van der Waals surface area contributed by atoms with Crippen molar-refractivity contribution in [1.29, 1.82) is 0 Å². The Labute approximate surface area is 127 Å². The standard InChI is InChI=1S/C15H25N3O2S/c1-3-17-21(19,20)15-10-5-4-9-14(15)16-12-13-8-6-7-11-18(13)2/h4-5,9-10,13,16-17H,3,6-8,11-12H2,1-2H3. The highest BCUT2D eigenvalue weighted by Gasteiger charge is 2.21. The zero-order valence-electron chi connectivity index (χ0n) is 12.8. The van der Waals surface area contributed by atoms with E-state index in [1.165, 1.54) is 12.8 Å². The maximum atomic E-state index is 12.2. The van der Waals surface area contributed by atoms with Gasteiger partial charge in [0, 0.05) is 19.1 Å². The molecule has 21 heavy (non-hydrogen) atoms. The number of rotatable bonds is 6. The minimum absolute atomic E-state index is 0.324. The molecule has 0 aliphatic carbocycles. The smallest absolute Gasteiger partial charge is 0.242 e. The van der Waals surface area contributed by atoms with E-state index in [0.29, 0.717) is 23.2 Å². The van der Waals surface area contributed by atoms with Gasteiger partial charge in [-0.05, 0) is 38.6 Å². The molecule has 1 fully saturated rings. The molecule has 1 saturated heterocycles. The number of likely N-dealkylation sites (tertiary alicyclic amines) is 1. The summed E-state index contributed by atoms with van der Waals surface area (Å²) in [6, 6.07) is 7.55. The summed E-state index contributed by atoms with van der Waals surface area (Å²) in [5.74, 6) is 0. The number of para-hydroxylation sites is 1. The number of sulfonamides is 1. The number of hydrogen-bond donors (Lipinski definition) is 2. The highest BCUT2D eigenvalue weighted by atomic mass is 32.2. The predicted molar refractivity (Wildman–Crippen MR) is 86.1 cm³/mol. The monoisotopic (exact) mass is 311 g/mol. The van der Waals surface area contributed by atoms with E-state index in [1.54, 1.807) is 19.1 Å². The number of anilines is 1. The van der Waals surface area contributed by atoms with Crippen molar-refractivity contribution < 1.29 is 8.42 Å². The van der Waals surface area contributed by atoms with Crippen LogP contribution in [0.15, 0.2) is 29.2 Å². The largest absolute Gasteiger partial charge is 0.382 e. The van der Waals surface area contributed by atoms with Gasteiger partial charge < -0.3 is 10.2 Å². The molecule has 0 spiro atoms. The van der Waals surface area contributed by atoms with Crippen LogP contribution < -0.4 is 10.0 Å². The first-order valence-electron chi connectivity index (χ1n) is 7.57. The quantitative estimate of drug-likeness (QED) is 0.842. The van der Waals surface area contributed by atoms with Crippen LogP contribution in [-0.2, 0) is 10.0 Å². The number of hydrogen-bond acceptors (Lipinski definition) is 4. The molecular formula is C15H25N3O2S. The normalized spacial score (nSPS) is 20.4. The third-order valence-corrected chi connectivity index (χ3v) is 5.56. The molecule has 0 bridgehead atoms. The van der Waals surface area contributed by atoms with E-state index in [-0.39, 0.29) is 0 Å². The molecule has 0 aromatic heterocycles. The van der Waals surface area contributed by atoms with Crippen LogP contribution in [0.3, 0.4) is 0 Å². The molecule has 1 unspecified atom stereocenters. The fourth-order valence-electron chi connectivity index (χ4n) is 2.74. The van der Waals surface area contributed by atoms with Gasteiger partial charge in [0.25, 0.3) is 0 Å². The molecule has 0 saturated carbocycles. The fourth-order valence-corrected chi connectivity index (χ4v) is 3.97. The highest BCUT2D eigenvalue weighted by Crippen LogP contribution is 2.22. The van der Waals surface area contributed by atoms with Crippen molar-refractivity contribution in [1.82, 2.24) is 9.62 Å². The zero-order valence-corrected chi connectivity index (χ0v) is 13.6. The number of piperidine rings is 1. The Morgan fingerprint density at radius 3 is 2.76 bits per heavy atom. The summed E-state index contributed by atoms with van der Waals surface area (Å²) in [7, 11) is -1.30. The van der Waals surface area contributed by atoms with Crippen LogP contribution in [-0.4, -0.2) is 46.0 Å². The van der Waals surface area contributed by atoms with Gasteiger partial charge in [-0.1, -0.05) is 25.5 Å². The summed E-state index contributed by atoms with van der Waals surface area (Å²) in [6.07, 6.45) is 3.65. The molecule has 1 aliphatic rings. The fraction of sp³-hybridized carbons (Fsp3) is 0.600. The summed E-state index contributed by atoms with van der Waals surface area (Å²) >= 11 is 0. The Bertz CT molecular complexity index is 560. The molecule has 1 aromatic rings. The molecule has 1 aliphatic heterocycles. The Balaban J connectivity index is 2.10. The van der Waals surface area contributed by atoms with Gasteiger partial charge in [-0.2, -0.15) is 0 Å². The second-order valence-electron chi connectivity index (χ2n) is 5.51. The first-order valence-corrected chi connectivity index (χ1v) is 9.05. The van der Waals surface area contributed by atoms with Crippen LogP contribution in [0.25, 0.3) is 0 Å². The predicted octanol–water partition coefficient (Wildman–Crippen LogP) is 1.88. The average molecular weight is 311 g/mol. The molecule has 1 atom stereocenters. The van der Waals surface area contributed by atoms with Crippen LogP contribution in [0.5, 0.6) is 0 Å². The number of benzene rings is 1. The summed E-state index contributed by atoms with van der Waals surface area (Å²) in [5, 5.41) is 3.32. The minimum Gasteiger partial charge on any atom is -0.382 e. The highest BCUT2D eigenvalue weighted by molar-refractivity contribution is 7.89. The Morgan fingerprint density at radius 2 is 2.05 bits per heavy atom. The summed E-state index contributed by atoms with van der Waals surface area (Å²) < 4.78 is 27.0. The maximum absolute atomic E-state index is 12.2. The SMILES string of the molecule is CCNS(=O)(=O)c1ccccc1NCC1CCCCN1C. The van der Waals surface area contributed by atoms with E-state index in [9.17, 15) is 8.42 Å². The maximum Gasteiger partial charge on any atom is 0.242 e. The van der Waals surface area contributed by atoms with Crippen molar-refractivity contribution in [2.45, 2.75) is 37.1 Å². The lowest BCUT2D eigenvalue weighted by Gasteiger charge is -2.32. The van der Waals surface area contributed by atoms with E-state index in [4.69, 9.17) is 0 Å². The zero-order chi connectivity index (χ0) is 15.3. The lowest BCUT2D eigenvalue weighted by molar-refractivity contribution is 0.194. The lowest BCUT2D eigenvalue weighted by atomic mass is 10.0. The molecule has 0 radical (unpaired) electrons. The summed E-state index contributed by atoms with van der Waals surface area (Å²) in [4.78, 5) is 2.67. The van der Waals surface area contributed by atoms with Crippen molar-refractivity contribution in [3.8, 4) is 0 Å². The number of nitrogens with one attached hydrogen (secondary N) is 2. The third kappa shape index (κ3) is 4.18. The molecule has 1 aromatic carbocycles. The molecule has 6 heteroatoms. The van der Waals surface area contributed by atoms with Crippen molar-refractivity contribution in [2.24, 2.45) is 0 Å². The van der Waals surface area contributed by atoms with Crippen molar-refractivity contribution in [2.75, 3.05) is 32.0 Å². The molecule has 0 amide bonds. The van der Waals surface area contributed by atoms with Crippen molar-refractivity contribution >= 4 is 15.7 Å². The van der Waals surface area contributed by atoms with Gasteiger partial charge >= 0.3 is 0 Å². The Hall–Kier alpha value is -1.11. The van der Waals surface area contributed by atoms with Gasteiger partial charge in [0.05, 0.1) is 5.69 Å². The van der Waals surface area contributed by atoms with Crippen LogP contribution >= 0.6 is 0 Å².